The molecule has 0 aliphatic carbocycles. The maximum atomic E-state index is 12.2. The number of carbonyl (C=O) groups is 4. The number of hydrogen-bond donors (Lipinski definition) is 1. The smallest absolute Gasteiger partial charge is 0.337 e. The van der Waals surface area contributed by atoms with E-state index >= 15 is 0 Å². The van der Waals surface area contributed by atoms with Gasteiger partial charge in [-0.25, -0.2) is 9.59 Å². The van der Waals surface area contributed by atoms with Gasteiger partial charge in [0.2, 0.25) is 5.91 Å². The first-order chi connectivity index (χ1) is 11.5. The standard InChI is InChI=1S/C17H20ClNO6/c1-17(2,3)13(20)12(18)14(21)19-11-7-9(15(22)24-4)6-10(8-11)16(23)25-5/h6-8,12H,1-5H3,(H,19,21). The fraction of sp³-hybridized carbons (Fsp3) is 0.412. The number of amides is 1. The van der Waals surface area contributed by atoms with Crippen LogP contribution >= 0.6 is 11.6 Å². The highest BCUT2D eigenvalue weighted by atomic mass is 35.5. The molecule has 1 amide bonds. The Labute approximate surface area is 150 Å². The first-order valence-corrected chi connectivity index (χ1v) is 7.76. The second-order valence-electron chi connectivity index (χ2n) is 6.25. The van der Waals surface area contributed by atoms with Crippen LogP contribution in [0.4, 0.5) is 5.69 Å². The third-order valence-corrected chi connectivity index (χ3v) is 3.64. The number of rotatable bonds is 5. The van der Waals surface area contributed by atoms with Gasteiger partial charge in [0.25, 0.3) is 0 Å². The predicted octanol–water partition coefficient (Wildman–Crippen LogP) is 2.42. The minimum Gasteiger partial charge on any atom is -0.465 e. The van der Waals surface area contributed by atoms with Crippen molar-refractivity contribution in [2.45, 2.75) is 26.1 Å². The molecule has 1 N–H and O–H groups in total. The van der Waals surface area contributed by atoms with Gasteiger partial charge in [0.05, 0.1) is 25.3 Å². The van der Waals surface area contributed by atoms with Crippen LogP contribution in [-0.2, 0) is 19.1 Å². The van der Waals surface area contributed by atoms with Gasteiger partial charge in [-0.3, -0.25) is 9.59 Å². The summed E-state index contributed by atoms with van der Waals surface area (Å²) in [6, 6.07) is 3.88. The summed E-state index contributed by atoms with van der Waals surface area (Å²) in [5.74, 6) is -2.62. The highest BCUT2D eigenvalue weighted by Crippen LogP contribution is 2.22. The molecule has 0 saturated carbocycles. The lowest BCUT2D eigenvalue weighted by Crippen LogP contribution is -2.37. The second kappa shape index (κ2) is 8.11. The zero-order chi connectivity index (χ0) is 19.4. The van der Waals surface area contributed by atoms with Crippen LogP contribution in [-0.4, -0.2) is 43.2 Å². The summed E-state index contributed by atoms with van der Waals surface area (Å²) >= 11 is 5.93. The van der Waals surface area contributed by atoms with Crippen molar-refractivity contribution in [3.05, 3.63) is 29.3 Å². The number of carbonyl (C=O) groups excluding carboxylic acids is 4. The monoisotopic (exact) mass is 369 g/mol. The zero-order valence-corrected chi connectivity index (χ0v) is 15.4. The summed E-state index contributed by atoms with van der Waals surface area (Å²) < 4.78 is 9.22. The molecule has 1 aromatic carbocycles. The topological polar surface area (TPSA) is 98.8 Å². The highest BCUT2D eigenvalue weighted by molar-refractivity contribution is 6.43. The van der Waals surface area contributed by atoms with Crippen molar-refractivity contribution in [1.82, 2.24) is 0 Å². The van der Waals surface area contributed by atoms with Gasteiger partial charge in [0.1, 0.15) is 0 Å². The van der Waals surface area contributed by atoms with E-state index in [9.17, 15) is 19.2 Å². The second-order valence-corrected chi connectivity index (χ2v) is 6.68. The van der Waals surface area contributed by atoms with E-state index in [0.717, 1.165) is 0 Å². The average molecular weight is 370 g/mol. The minimum atomic E-state index is -1.41. The molecule has 0 fully saturated rings. The van der Waals surface area contributed by atoms with Crippen molar-refractivity contribution in [3.8, 4) is 0 Å². The number of benzene rings is 1. The Morgan fingerprint density at radius 3 is 1.76 bits per heavy atom. The van der Waals surface area contributed by atoms with Gasteiger partial charge in [-0.2, -0.15) is 0 Å². The van der Waals surface area contributed by atoms with Crippen molar-refractivity contribution >= 4 is 40.9 Å². The number of esters is 2. The van der Waals surface area contributed by atoms with Crippen molar-refractivity contribution in [1.29, 1.82) is 0 Å². The Morgan fingerprint density at radius 2 is 1.40 bits per heavy atom. The van der Waals surface area contributed by atoms with Gasteiger partial charge in [-0.15, -0.1) is 11.6 Å². The van der Waals surface area contributed by atoms with Gasteiger partial charge in [0.15, 0.2) is 11.2 Å². The normalized spacial score (nSPS) is 12.1. The van der Waals surface area contributed by atoms with E-state index in [1.54, 1.807) is 20.8 Å². The Kier molecular flexibility index (Phi) is 6.70. The van der Waals surface area contributed by atoms with E-state index < -0.39 is 34.4 Å². The molecule has 0 spiro atoms. The first kappa shape index (κ1) is 20.6. The molecule has 0 radical (unpaired) electrons. The molecule has 1 atom stereocenters. The van der Waals surface area contributed by atoms with E-state index in [-0.39, 0.29) is 16.8 Å². The molecule has 0 aliphatic heterocycles. The summed E-state index contributed by atoms with van der Waals surface area (Å²) in [7, 11) is 2.37. The summed E-state index contributed by atoms with van der Waals surface area (Å²) in [6.45, 7) is 4.93. The number of halogens is 1. The van der Waals surface area contributed by atoms with Gasteiger partial charge in [-0.05, 0) is 18.2 Å². The Bertz CT molecular complexity index is 673. The number of anilines is 1. The molecule has 1 rings (SSSR count). The van der Waals surface area contributed by atoms with E-state index in [1.165, 1.54) is 32.4 Å². The lowest BCUT2D eigenvalue weighted by molar-refractivity contribution is -0.130. The largest absolute Gasteiger partial charge is 0.465 e. The van der Waals surface area contributed by atoms with E-state index in [0.29, 0.717) is 0 Å². The molecular weight excluding hydrogens is 350 g/mol. The van der Waals surface area contributed by atoms with Crippen LogP contribution in [0.25, 0.3) is 0 Å². The zero-order valence-electron chi connectivity index (χ0n) is 14.6. The van der Waals surface area contributed by atoms with Crippen molar-refractivity contribution in [3.63, 3.8) is 0 Å². The summed E-state index contributed by atoms with van der Waals surface area (Å²) in [5, 5.41) is 1.01. The Hall–Kier alpha value is -2.41. The molecule has 25 heavy (non-hydrogen) atoms. The van der Waals surface area contributed by atoms with Gasteiger partial charge < -0.3 is 14.8 Å². The lowest BCUT2D eigenvalue weighted by atomic mass is 9.88. The molecule has 136 valence electrons. The van der Waals surface area contributed by atoms with Crippen LogP contribution in [0.15, 0.2) is 18.2 Å². The molecule has 0 aromatic heterocycles. The van der Waals surface area contributed by atoms with E-state index in [4.69, 9.17) is 11.6 Å². The molecule has 0 saturated heterocycles. The van der Waals surface area contributed by atoms with Crippen molar-refractivity contribution in [2.75, 3.05) is 19.5 Å². The number of nitrogens with one attached hydrogen (secondary N) is 1. The molecule has 1 aromatic rings. The number of hydrogen-bond acceptors (Lipinski definition) is 6. The van der Waals surface area contributed by atoms with Crippen LogP contribution < -0.4 is 5.32 Å². The summed E-state index contributed by atoms with van der Waals surface area (Å²) in [6.07, 6.45) is 0. The minimum absolute atomic E-state index is 0.0361. The predicted molar refractivity (Wildman–Crippen MR) is 91.9 cm³/mol. The highest BCUT2D eigenvalue weighted by Gasteiger charge is 2.33. The SMILES string of the molecule is COC(=O)c1cc(NC(=O)C(Cl)C(=O)C(C)(C)C)cc(C(=O)OC)c1. The maximum absolute atomic E-state index is 12.2. The van der Waals surface area contributed by atoms with Gasteiger partial charge >= 0.3 is 11.9 Å². The van der Waals surface area contributed by atoms with Crippen LogP contribution in [0.3, 0.4) is 0 Å². The summed E-state index contributed by atoms with van der Waals surface area (Å²) in [4.78, 5) is 47.7. The third kappa shape index (κ3) is 5.29. The van der Waals surface area contributed by atoms with E-state index in [1.807, 2.05) is 0 Å². The molecule has 7 nitrogen and oxygen atoms in total. The Balaban J connectivity index is 3.15. The fourth-order valence-corrected chi connectivity index (χ4v) is 2.26. The van der Waals surface area contributed by atoms with Crippen LogP contribution in [0.2, 0.25) is 0 Å². The fourth-order valence-electron chi connectivity index (χ4n) is 1.88. The molecule has 0 heterocycles. The third-order valence-electron chi connectivity index (χ3n) is 3.24. The number of alkyl halides is 1. The number of ether oxygens (including phenoxy) is 2. The van der Waals surface area contributed by atoms with Crippen molar-refractivity contribution < 1.29 is 28.7 Å². The first-order valence-electron chi connectivity index (χ1n) is 7.32. The number of ketones is 1. The van der Waals surface area contributed by atoms with Crippen molar-refractivity contribution in [2.24, 2.45) is 5.41 Å². The molecule has 0 bridgehead atoms. The number of methoxy groups -OCH3 is 2. The molecule has 0 aliphatic rings. The molecular formula is C17H20ClNO6. The summed E-state index contributed by atoms with van der Waals surface area (Å²) in [5.41, 5.74) is -0.613. The van der Waals surface area contributed by atoms with Crippen LogP contribution in [0.1, 0.15) is 41.5 Å². The molecule has 1 unspecified atom stereocenters. The molecule has 8 heteroatoms. The van der Waals surface area contributed by atoms with Crippen LogP contribution in [0, 0.1) is 5.41 Å². The van der Waals surface area contributed by atoms with Gasteiger partial charge in [-0.1, -0.05) is 20.8 Å². The quantitative estimate of drug-likeness (QED) is 0.486. The maximum Gasteiger partial charge on any atom is 0.337 e. The Morgan fingerprint density at radius 1 is 0.960 bits per heavy atom. The van der Waals surface area contributed by atoms with E-state index in [2.05, 4.69) is 14.8 Å². The average Bonchev–Trinajstić information content (AvgIpc) is 2.57. The number of Topliss-reactive ketones (excluding diaryl/α,β-unsaturated/α-hetero) is 1. The van der Waals surface area contributed by atoms with Crippen LogP contribution in [0.5, 0.6) is 0 Å². The lowest BCUT2D eigenvalue weighted by Gasteiger charge is -2.20. The van der Waals surface area contributed by atoms with Gasteiger partial charge in [0, 0.05) is 11.1 Å².